The molecular weight excluding hydrogens is 136 g/mol. The van der Waals surface area contributed by atoms with Gasteiger partial charge >= 0.3 is 11.9 Å². The largest absolute Gasteiger partial charge is 0.475 e. The Morgan fingerprint density at radius 2 is 2.50 bits per heavy atom. The third-order valence-electron chi connectivity index (χ3n) is 0.970. The molecule has 56 valence electrons. The number of carboxylic acids is 1. The molecule has 10 heavy (non-hydrogen) atoms. The number of carbonyl (C=O) groups is 1. The Labute approximate surface area is 58.1 Å². The van der Waals surface area contributed by atoms with Crippen LogP contribution in [0.3, 0.4) is 0 Å². The van der Waals surface area contributed by atoms with Gasteiger partial charge in [0.2, 0.25) is 0 Å². The number of ether oxygens (including phenoxy) is 2. The van der Waals surface area contributed by atoms with Crippen LogP contribution in [0.4, 0.5) is 0 Å². The number of aliphatic carboxylic acids is 1. The fourth-order valence-electron chi connectivity index (χ4n) is 0.488. The highest BCUT2D eigenvalue weighted by Gasteiger charge is 2.34. The maximum atomic E-state index is 10.1. The van der Waals surface area contributed by atoms with E-state index in [1.54, 1.807) is 0 Å². The second-order valence-electron chi connectivity index (χ2n) is 1.87. The summed E-state index contributed by atoms with van der Waals surface area (Å²) in [6.45, 7) is 2.44. The van der Waals surface area contributed by atoms with E-state index in [9.17, 15) is 4.79 Å². The van der Waals surface area contributed by atoms with E-state index in [1.807, 2.05) is 6.92 Å². The van der Waals surface area contributed by atoms with Crippen molar-refractivity contribution in [1.82, 2.24) is 0 Å². The summed E-state index contributed by atoms with van der Waals surface area (Å²) in [4.78, 5) is 10.1. The third-order valence-corrected chi connectivity index (χ3v) is 0.970. The van der Waals surface area contributed by atoms with E-state index >= 15 is 0 Å². The third kappa shape index (κ3) is 1.40. The first-order valence-corrected chi connectivity index (χ1v) is 3.04. The van der Waals surface area contributed by atoms with E-state index in [1.165, 1.54) is 0 Å². The summed E-state index contributed by atoms with van der Waals surface area (Å²) < 4.78 is 9.34. The van der Waals surface area contributed by atoms with Crippen LogP contribution in [-0.2, 0) is 14.3 Å². The highest BCUT2D eigenvalue weighted by molar-refractivity contribution is 5.87. The smallest absolute Gasteiger partial charge is 0.379 e. The van der Waals surface area contributed by atoms with E-state index in [4.69, 9.17) is 9.84 Å². The molecule has 0 bridgehead atoms. The van der Waals surface area contributed by atoms with Gasteiger partial charge in [0, 0.05) is 0 Å². The van der Waals surface area contributed by atoms with Gasteiger partial charge in [-0.15, -0.1) is 0 Å². The molecule has 4 heteroatoms. The molecule has 4 nitrogen and oxygen atoms in total. The van der Waals surface area contributed by atoms with E-state index in [0.717, 1.165) is 6.42 Å². The van der Waals surface area contributed by atoms with E-state index in [2.05, 4.69) is 4.74 Å². The minimum atomic E-state index is -1.06. The van der Waals surface area contributed by atoms with Crippen molar-refractivity contribution in [2.75, 3.05) is 6.61 Å². The molecule has 0 amide bonds. The van der Waals surface area contributed by atoms with Gasteiger partial charge in [-0.3, -0.25) is 0 Å². The van der Waals surface area contributed by atoms with Crippen molar-refractivity contribution in [2.45, 2.75) is 13.3 Å². The van der Waals surface area contributed by atoms with E-state index in [-0.39, 0.29) is 11.7 Å². The molecule has 1 aliphatic rings. The van der Waals surface area contributed by atoms with Crippen molar-refractivity contribution < 1.29 is 19.4 Å². The van der Waals surface area contributed by atoms with Gasteiger partial charge in [0.05, 0.1) is 6.61 Å². The lowest BCUT2D eigenvalue weighted by atomic mass is 10.5. The molecule has 1 aliphatic heterocycles. The Bertz CT molecular complexity index is 182. The average molecular weight is 144 g/mol. The summed E-state index contributed by atoms with van der Waals surface area (Å²) in [5.41, 5.74) is 0. The maximum absolute atomic E-state index is 10.1. The van der Waals surface area contributed by atoms with Crippen molar-refractivity contribution in [2.24, 2.45) is 0 Å². The zero-order valence-corrected chi connectivity index (χ0v) is 5.59. The van der Waals surface area contributed by atoms with Crippen LogP contribution in [0.25, 0.3) is 0 Å². The zero-order chi connectivity index (χ0) is 7.56. The van der Waals surface area contributed by atoms with Gasteiger partial charge < -0.3 is 14.6 Å². The predicted molar refractivity (Wildman–Crippen MR) is 32.0 cm³/mol. The SMILES string of the molecule is CCCOC1=C(C(=O)O)O1. The Hall–Kier alpha value is -1.19. The molecule has 0 fully saturated rings. The van der Waals surface area contributed by atoms with Crippen molar-refractivity contribution in [3.05, 3.63) is 11.7 Å². The molecule has 0 aromatic rings. The topological polar surface area (TPSA) is 59.1 Å². The molecule has 1 N–H and O–H groups in total. The first kappa shape index (κ1) is 6.92. The Morgan fingerprint density at radius 1 is 1.80 bits per heavy atom. The van der Waals surface area contributed by atoms with Crippen LogP contribution in [0, 0.1) is 0 Å². The average Bonchev–Trinajstić information content (AvgIpc) is 2.62. The normalized spacial score (nSPS) is 14.5. The van der Waals surface area contributed by atoms with Crippen LogP contribution in [0.5, 0.6) is 0 Å². The highest BCUT2D eigenvalue weighted by atomic mass is 16.7. The van der Waals surface area contributed by atoms with Crippen molar-refractivity contribution in [1.29, 1.82) is 0 Å². The molecule has 1 rings (SSSR count). The minimum absolute atomic E-state index is 0.0616. The minimum Gasteiger partial charge on any atom is -0.475 e. The molecular formula is C6H8O4. The summed E-state index contributed by atoms with van der Waals surface area (Å²) in [7, 11) is 0. The van der Waals surface area contributed by atoms with Crippen molar-refractivity contribution in [3.8, 4) is 0 Å². The molecule has 0 atom stereocenters. The van der Waals surface area contributed by atoms with Crippen molar-refractivity contribution >= 4 is 5.97 Å². The summed E-state index contributed by atoms with van der Waals surface area (Å²) in [6, 6.07) is 0. The summed E-state index contributed by atoms with van der Waals surface area (Å²) in [5, 5.41) is 8.26. The first-order valence-electron chi connectivity index (χ1n) is 3.04. The zero-order valence-electron chi connectivity index (χ0n) is 5.59. The molecule has 0 radical (unpaired) electrons. The Kier molecular flexibility index (Phi) is 1.80. The van der Waals surface area contributed by atoms with Gasteiger partial charge in [-0.25, -0.2) is 4.79 Å². The maximum Gasteiger partial charge on any atom is 0.379 e. The molecule has 0 aromatic carbocycles. The van der Waals surface area contributed by atoms with Crippen LogP contribution in [0.1, 0.15) is 13.3 Å². The molecule has 0 unspecified atom stereocenters. The summed E-state index contributed by atoms with van der Waals surface area (Å²) in [6.07, 6.45) is 0.847. The highest BCUT2D eigenvalue weighted by Crippen LogP contribution is 2.26. The fourth-order valence-corrected chi connectivity index (χ4v) is 0.488. The van der Waals surface area contributed by atoms with Gasteiger partial charge in [0.25, 0.3) is 5.76 Å². The van der Waals surface area contributed by atoms with Gasteiger partial charge in [0.15, 0.2) is 0 Å². The van der Waals surface area contributed by atoms with Crippen LogP contribution in [0.15, 0.2) is 11.7 Å². The second kappa shape index (κ2) is 2.60. The van der Waals surface area contributed by atoms with Crippen LogP contribution in [0.2, 0.25) is 0 Å². The van der Waals surface area contributed by atoms with E-state index in [0.29, 0.717) is 6.61 Å². The van der Waals surface area contributed by atoms with Crippen LogP contribution < -0.4 is 0 Å². The number of hydrogen-bond acceptors (Lipinski definition) is 3. The van der Waals surface area contributed by atoms with Gasteiger partial charge in [-0.2, -0.15) is 0 Å². The number of rotatable bonds is 4. The lowest BCUT2D eigenvalue weighted by Crippen LogP contribution is -1.89. The monoisotopic (exact) mass is 144 g/mol. The number of carboxylic acid groups (broad SMARTS) is 1. The molecule has 0 aliphatic carbocycles. The van der Waals surface area contributed by atoms with Gasteiger partial charge in [-0.05, 0) is 6.42 Å². The summed E-state index contributed by atoms with van der Waals surface area (Å²) >= 11 is 0. The molecule has 0 aromatic heterocycles. The Morgan fingerprint density at radius 3 is 2.90 bits per heavy atom. The van der Waals surface area contributed by atoms with Gasteiger partial charge in [-0.1, -0.05) is 6.92 Å². The quantitative estimate of drug-likeness (QED) is 0.630. The molecule has 1 heterocycles. The predicted octanol–water partition coefficient (Wildman–Crippen LogP) is 0.697. The Balaban J connectivity index is 2.27. The molecule has 0 saturated carbocycles. The lowest BCUT2D eigenvalue weighted by Gasteiger charge is -1.90. The standard InChI is InChI=1S/C6H8O4/c1-2-3-9-6-4(10-6)5(7)8/h2-3H2,1H3,(H,7,8). The fraction of sp³-hybridized carbons (Fsp3) is 0.500. The van der Waals surface area contributed by atoms with E-state index < -0.39 is 5.97 Å². The first-order chi connectivity index (χ1) is 4.75. The lowest BCUT2D eigenvalue weighted by molar-refractivity contribution is -0.133. The van der Waals surface area contributed by atoms with Crippen LogP contribution >= 0.6 is 0 Å². The number of hydrogen-bond donors (Lipinski definition) is 1. The van der Waals surface area contributed by atoms with Gasteiger partial charge in [0.1, 0.15) is 0 Å². The molecule has 0 saturated heterocycles. The second-order valence-corrected chi connectivity index (χ2v) is 1.87. The summed E-state index contributed by atoms with van der Waals surface area (Å²) in [5.74, 6) is -0.964. The van der Waals surface area contributed by atoms with Crippen molar-refractivity contribution in [3.63, 3.8) is 0 Å². The molecule has 0 spiro atoms. The van der Waals surface area contributed by atoms with Crippen LogP contribution in [-0.4, -0.2) is 17.7 Å².